The van der Waals surface area contributed by atoms with Gasteiger partial charge in [-0.15, -0.1) is 0 Å². The minimum Gasteiger partial charge on any atom is -0.363 e. The maximum Gasteiger partial charge on any atom is 0.168 e. The highest BCUT2D eigenvalue weighted by atomic mass is 32.2. The van der Waals surface area contributed by atoms with Crippen molar-refractivity contribution in [2.75, 3.05) is 31.1 Å². The monoisotopic (exact) mass is 222 g/mol. The Labute approximate surface area is 84.2 Å². The van der Waals surface area contributed by atoms with Gasteiger partial charge in [0, 0.05) is 19.6 Å². The summed E-state index contributed by atoms with van der Waals surface area (Å²) in [6, 6.07) is 0. The van der Waals surface area contributed by atoms with E-state index in [1.54, 1.807) is 0 Å². The van der Waals surface area contributed by atoms with Crippen LogP contribution < -0.4 is 5.32 Å². The second-order valence-electron chi connectivity index (χ2n) is 2.97. The Morgan fingerprint density at radius 3 is 2.46 bits per heavy atom. The summed E-state index contributed by atoms with van der Waals surface area (Å²) in [5.74, 6) is 0.442. The topological polar surface area (TPSA) is 49.4 Å². The van der Waals surface area contributed by atoms with E-state index in [9.17, 15) is 8.42 Å². The molecule has 0 aromatic rings. The second-order valence-corrected chi connectivity index (χ2v) is 5.66. The second kappa shape index (κ2) is 4.23. The number of thiocarbonyl (C=S) groups is 1. The molecule has 76 valence electrons. The molecule has 1 heterocycles. The van der Waals surface area contributed by atoms with Crippen molar-refractivity contribution >= 4 is 27.2 Å². The first-order chi connectivity index (χ1) is 6.05. The molecule has 1 aliphatic heterocycles. The Bertz CT molecular complexity index is 273. The van der Waals surface area contributed by atoms with Crippen LogP contribution in [-0.4, -0.2) is 49.6 Å². The standard InChI is InChI=1S/C7H14N2O2S2/c1-2-8-7(12)9-3-5-13(10,11)6-4-9/h2-6H2,1H3,(H,8,12). The van der Waals surface area contributed by atoms with Crippen molar-refractivity contribution in [2.45, 2.75) is 6.92 Å². The number of nitrogens with zero attached hydrogens (tertiary/aromatic N) is 1. The molecule has 0 saturated carbocycles. The summed E-state index contributed by atoms with van der Waals surface area (Å²) >= 11 is 5.07. The molecule has 1 saturated heterocycles. The fraction of sp³-hybridized carbons (Fsp3) is 0.857. The molecule has 4 nitrogen and oxygen atoms in total. The van der Waals surface area contributed by atoms with Crippen LogP contribution in [-0.2, 0) is 9.84 Å². The molecule has 0 aromatic carbocycles. The van der Waals surface area contributed by atoms with E-state index in [4.69, 9.17) is 12.2 Å². The minimum absolute atomic E-state index is 0.221. The van der Waals surface area contributed by atoms with E-state index < -0.39 is 9.84 Å². The van der Waals surface area contributed by atoms with Crippen molar-refractivity contribution in [3.05, 3.63) is 0 Å². The van der Waals surface area contributed by atoms with Crippen LogP contribution in [0.4, 0.5) is 0 Å². The summed E-state index contributed by atoms with van der Waals surface area (Å²) in [5, 5.41) is 3.67. The highest BCUT2D eigenvalue weighted by Crippen LogP contribution is 2.03. The molecule has 13 heavy (non-hydrogen) atoms. The van der Waals surface area contributed by atoms with Crippen LogP contribution in [0.15, 0.2) is 0 Å². The van der Waals surface area contributed by atoms with Crippen molar-refractivity contribution in [2.24, 2.45) is 0 Å². The van der Waals surface area contributed by atoms with Gasteiger partial charge in [-0.1, -0.05) is 0 Å². The molecule has 0 atom stereocenters. The fourth-order valence-corrected chi connectivity index (χ4v) is 2.71. The molecule has 0 aromatic heterocycles. The molecule has 1 fully saturated rings. The molecular formula is C7H14N2O2S2. The van der Waals surface area contributed by atoms with Crippen molar-refractivity contribution < 1.29 is 8.42 Å². The van der Waals surface area contributed by atoms with E-state index in [1.807, 2.05) is 11.8 Å². The van der Waals surface area contributed by atoms with Crippen LogP contribution in [0.5, 0.6) is 0 Å². The van der Waals surface area contributed by atoms with Gasteiger partial charge in [0.15, 0.2) is 14.9 Å². The Morgan fingerprint density at radius 1 is 1.46 bits per heavy atom. The van der Waals surface area contributed by atoms with Crippen LogP contribution in [0.25, 0.3) is 0 Å². The van der Waals surface area contributed by atoms with Crippen LogP contribution in [0.3, 0.4) is 0 Å². The highest BCUT2D eigenvalue weighted by Gasteiger charge is 2.22. The van der Waals surface area contributed by atoms with Gasteiger partial charge in [-0.25, -0.2) is 8.42 Å². The smallest absolute Gasteiger partial charge is 0.168 e. The summed E-state index contributed by atoms with van der Waals surface area (Å²) in [6.45, 7) is 3.79. The lowest BCUT2D eigenvalue weighted by molar-refractivity contribution is 0.436. The van der Waals surface area contributed by atoms with Crippen LogP contribution in [0.2, 0.25) is 0 Å². The molecule has 6 heteroatoms. The normalized spacial score (nSPS) is 21.2. The zero-order valence-corrected chi connectivity index (χ0v) is 9.25. The van der Waals surface area contributed by atoms with Crippen molar-refractivity contribution in [1.82, 2.24) is 10.2 Å². The van der Waals surface area contributed by atoms with Gasteiger partial charge in [0.05, 0.1) is 11.5 Å². The van der Waals surface area contributed by atoms with Gasteiger partial charge in [0.2, 0.25) is 0 Å². The summed E-state index contributed by atoms with van der Waals surface area (Å²) in [7, 11) is -2.79. The first-order valence-electron chi connectivity index (χ1n) is 4.28. The van der Waals surface area contributed by atoms with Crippen LogP contribution in [0, 0.1) is 0 Å². The number of sulfone groups is 1. The SMILES string of the molecule is CCNC(=S)N1CCS(=O)(=O)CC1. The molecule has 0 amide bonds. The van der Waals surface area contributed by atoms with Crippen LogP contribution in [0.1, 0.15) is 6.92 Å². The Balaban J connectivity index is 2.45. The highest BCUT2D eigenvalue weighted by molar-refractivity contribution is 7.91. The molecule has 1 rings (SSSR count). The maximum absolute atomic E-state index is 11.1. The zero-order valence-electron chi connectivity index (χ0n) is 7.62. The van der Waals surface area contributed by atoms with Gasteiger partial charge < -0.3 is 10.2 Å². The lowest BCUT2D eigenvalue weighted by Gasteiger charge is -2.28. The summed E-state index contributed by atoms with van der Waals surface area (Å²) < 4.78 is 22.2. The molecular weight excluding hydrogens is 208 g/mol. The van der Waals surface area contributed by atoms with E-state index in [1.165, 1.54) is 0 Å². The molecule has 0 unspecified atom stereocenters. The van der Waals surface area contributed by atoms with Crippen LogP contribution >= 0.6 is 12.2 Å². The predicted octanol–water partition coefficient (Wildman–Crippen LogP) is -0.389. The maximum atomic E-state index is 11.1. The lowest BCUT2D eigenvalue weighted by atomic mass is 10.5. The van der Waals surface area contributed by atoms with E-state index in [0.29, 0.717) is 18.2 Å². The summed E-state index contributed by atoms with van der Waals surface area (Å²) in [5.41, 5.74) is 0. The van der Waals surface area contributed by atoms with E-state index in [0.717, 1.165) is 6.54 Å². The van der Waals surface area contributed by atoms with E-state index in [-0.39, 0.29) is 11.5 Å². The fourth-order valence-electron chi connectivity index (χ4n) is 1.18. The average Bonchev–Trinajstić information content (AvgIpc) is 2.04. The van der Waals surface area contributed by atoms with Crippen molar-refractivity contribution in [1.29, 1.82) is 0 Å². The Kier molecular flexibility index (Phi) is 3.49. The quantitative estimate of drug-likeness (QED) is 0.612. The summed E-state index contributed by atoms with van der Waals surface area (Å²) in [6.07, 6.45) is 0. The van der Waals surface area contributed by atoms with Crippen molar-refractivity contribution in [3.63, 3.8) is 0 Å². The Morgan fingerprint density at radius 2 is 2.00 bits per heavy atom. The Hall–Kier alpha value is -0.360. The molecule has 0 spiro atoms. The number of hydrogen-bond acceptors (Lipinski definition) is 3. The molecule has 0 radical (unpaired) electrons. The third kappa shape index (κ3) is 3.11. The molecule has 0 aliphatic carbocycles. The number of rotatable bonds is 1. The molecule has 0 bridgehead atoms. The molecule has 1 aliphatic rings. The minimum atomic E-state index is -2.79. The molecule has 1 N–H and O–H groups in total. The number of nitrogens with one attached hydrogen (secondary N) is 1. The number of hydrogen-bond donors (Lipinski definition) is 1. The lowest BCUT2D eigenvalue weighted by Crippen LogP contribution is -2.47. The van der Waals surface area contributed by atoms with Gasteiger partial charge in [0.1, 0.15) is 0 Å². The van der Waals surface area contributed by atoms with Gasteiger partial charge in [-0.05, 0) is 19.1 Å². The largest absolute Gasteiger partial charge is 0.363 e. The van der Waals surface area contributed by atoms with E-state index >= 15 is 0 Å². The first kappa shape index (κ1) is 10.7. The third-order valence-electron chi connectivity index (χ3n) is 1.96. The third-order valence-corrected chi connectivity index (χ3v) is 3.97. The summed E-state index contributed by atoms with van der Waals surface area (Å²) in [4.78, 5) is 1.90. The van der Waals surface area contributed by atoms with E-state index in [2.05, 4.69) is 5.32 Å². The predicted molar refractivity (Wildman–Crippen MR) is 56.5 cm³/mol. The van der Waals surface area contributed by atoms with Gasteiger partial charge in [-0.2, -0.15) is 0 Å². The average molecular weight is 222 g/mol. The van der Waals surface area contributed by atoms with Gasteiger partial charge in [0.25, 0.3) is 0 Å². The first-order valence-corrected chi connectivity index (χ1v) is 6.51. The zero-order chi connectivity index (χ0) is 9.90. The van der Waals surface area contributed by atoms with Crippen molar-refractivity contribution in [3.8, 4) is 0 Å². The van der Waals surface area contributed by atoms with Gasteiger partial charge >= 0.3 is 0 Å². The van der Waals surface area contributed by atoms with Gasteiger partial charge in [-0.3, -0.25) is 0 Å².